The number of hydrogen-bond acceptors (Lipinski definition) is 6. The van der Waals surface area contributed by atoms with Crippen molar-refractivity contribution < 1.29 is 0 Å². The van der Waals surface area contributed by atoms with Crippen LogP contribution in [0.15, 0.2) is 6.07 Å². The summed E-state index contributed by atoms with van der Waals surface area (Å²) >= 11 is 0. The Labute approximate surface area is 114 Å². The number of nitrogens with one attached hydrogen (secondary N) is 2. The van der Waals surface area contributed by atoms with E-state index in [0.717, 1.165) is 24.6 Å². The van der Waals surface area contributed by atoms with Gasteiger partial charge in [0.2, 0.25) is 0 Å². The number of rotatable bonds is 7. The van der Waals surface area contributed by atoms with Gasteiger partial charge in [0, 0.05) is 18.0 Å². The van der Waals surface area contributed by atoms with Crippen LogP contribution in [0.25, 0.3) is 0 Å². The fourth-order valence-corrected chi connectivity index (χ4v) is 1.91. The van der Waals surface area contributed by atoms with E-state index in [4.69, 9.17) is 5.84 Å². The average molecular weight is 264 g/mol. The fraction of sp³-hybridized carbons (Fsp3) is 0.692. The molecule has 0 spiro atoms. The zero-order valence-electron chi connectivity index (χ0n) is 12.0. The van der Waals surface area contributed by atoms with Gasteiger partial charge in [-0.05, 0) is 46.8 Å². The Morgan fingerprint density at radius 1 is 1.37 bits per heavy atom. The van der Waals surface area contributed by atoms with E-state index in [-0.39, 0.29) is 0 Å². The van der Waals surface area contributed by atoms with Gasteiger partial charge in [0.1, 0.15) is 17.5 Å². The maximum absolute atomic E-state index is 5.46. The van der Waals surface area contributed by atoms with Crippen molar-refractivity contribution in [3.63, 3.8) is 0 Å². The largest absolute Gasteiger partial charge is 0.367 e. The molecule has 0 amide bonds. The first kappa shape index (κ1) is 14.0. The molecule has 1 saturated carbocycles. The van der Waals surface area contributed by atoms with Crippen LogP contribution in [-0.4, -0.2) is 41.5 Å². The molecule has 0 aromatic carbocycles. The molecular weight excluding hydrogens is 240 g/mol. The second kappa shape index (κ2) is 6.16. The van der Waals surface area contributed by atoms with E-state index in [1.165, 1.54) is 12.8 Å². The molecule has 1 atom stereocenters. The molecule has 0 bridgehead atoms. The SMILES string of the molecule is CC(CCN(C)C)Nc1cc(NN)nc(C2CC2)n1. The van der Waals surface area contributed by atoms with Crippen LogP contribution in [0.1, 0.15) is 37.9 Å². The predicted octanol–water partition coefficient (Wildman–Crippen LogP) is 1.39. The molecule has 4 N–H and O–H groups in total. The number of nitrogens with two attached hydrogens (primary N) is 1. The molecule has 1 aliphatic carbocycles. The van der Waals surface area contributed by atoms with Crippen LogP contribution in [-0.2, 0) is 0 Å². The topological polar surface area (TPSA) is 79.1 Å². The van der Waals surface area contributed by atoms with E-state index in [2.05, 4.69) is 46.6 Å². The molecule has 1 aromatic rings. The van der Waals surface area contributed by atoms with E-state index < -0.39 is 0 Å². The standard InChI is InChI=1S/C13H24N6/c1-9(6-7-19(2)3)15-11-8-12(18-14)17-13(16-11)10-4-5-10/h8-10H,4-7,14H2,1-3H3,(H2,15,16,17,18). The van der Waals surface area contributed by atoms with Crippen molar-refractivity contribution in [2.45, 2.75) is 38.1 Å². The zero-order chi connectivity index (χ0) is 13.8. The van der Waals surface area contributed by atoms with Crippen LogP contribution in [0, 0.1) is 0 Å². The lowest BCUT2D eigenvalue weighted by Gasteiger charge is -2.18. The van der Waals surface area contributed by atoms with Gasteiger partial charge >= 0.3 is 0 Å². The number of nitrogen functional groups attached to an aromatic ring is 1. The van der Waals surface area contributed by atoms with Crippen molar-refractivity contribution in [3.8, 4) is 0 Å². The van der Waals surface area contributed by atoms with Crippen molar-refractivity contribution >= 4 is 11.6 Å². The zero-order valence-corrected chi connectivity index (χ0v) is 12.0. The normalized spacial score (nSPS) is 16.5. The van der Waals surface area contributed by atoms with Crippen LogP contribution in [0.3, 0.4) is 0 Å². The average Bonchev–Trinajstić information content (AvgIpc) is 3.20. The van der Waals surface area contributed by atoms with E-state index in [1.54, 1.807) is 0 Å². The monoisotopic (exact) mass is 264 g/mol. The Balaban J connectivity index is 2.00. The number of anilines is 2. The highest BCUT2D eigenvalue weighted by Gasteiger charge is 2.27. The Hall–Kier alpha value is -1.40. The van der Waals surface area contributed by atoms with Gasteiger partial charge in [-0.2, -0.15) is 0 Å². The number of hydrogen-bond donors (Lipinski definition) is 3. The lowest BCUT2D eigenvalue weighted by molar-refractivity contribution is 0.390. The minimum Gasteiger partial charge on any atom is -0.367 e. The van der Waals surface area contributed by atoms with Crippen LogP contribution < -0.4 is 16.6 Å². The molecule has 0 aliphatic heterocycles. The summed E-state index contributed by atoms with van der Waals surface area (Å²) in [7, 11) is 4.16. The van der Waals surface area contributed by atoms with Crippen LogP contribution in [0.2, 0.25) is 0 Å². The molecule has 1 unspecified atom stereocenters. The Morgan fingerprint density at radius 3 is 2.63 bits per heavy atom. The van der Waals surface area contributed by atoms with Gasteiger partial charge in [0.25, 0.3) is 0 Å². The summed E-state index contributed by atoms with van der Waals surface area (Å²) in [5.41, 5.74) is 2.61. The molecule has 0 saturated heterocycles. The molecule has 1 heterocycles. The second-order valence-corrected chi connectivity index (χ2v) is 5.55. The van der Waals surface area contributed by atoms with Crippen molar-refractivity contribution in [2.24, 2.45) is 5.84 Å². The van der Waals surface area contributed by atoms with Gasteiger partial charge in [-0.15, -0.1) is 0 Å². The molecule has 1 fully saturated rings. The van der Waals surface area contributed by atoms with E-state index in [9.17, 15) is 0 Å². The van der Waals surface area contributed by atoms with Gasteiger partial charge in [-0.25, -0.2) is 15.8 Å². The van der Waals surface area contributed by atoms with E-state index in [0.29, 0.717) is 17.8 Å². The molecule has 19 heavy (non-hydrogen) atoms. The molecule has 6 nitrogen and oxygen atoms in total. The predicted molar refractivity (Wildman–Crippen MR) is 78.1 cm³/mol. The van der Waals surface area contributed by atoms with Gasteiger partial charge in [-0.3, -0.25) is 0 Å². The summed E-state index contributed by atoms with van der Waals surface area (Å²) in [5, 5.41) is 3.42. The molecule has 6 heteroatoms. The fourth-order valence-electron chi connectivity index (χ4n) is 1.91. The summed E-state index contributed by atoms with van der Waals surface area (Å²) in [6, 6.07) is 2.23. The quantitative estimate of drug-likeness (QED) is 0.510. The lowest BCUT2D eigenvalue weighted by atomic mass is 10.2. The van der Waals surface area contributed by atoms with Crippen molar-refractivity contribution in [2.75, 3.05) is 31.4 Å². The lowest BCUT2D eigenvalue weighted by Crippen LogP contribution is -2.24. The van der Waals surface area contributed by atoms with Crippen molar-refractivity contribution in [1.82, 2.24) is 14.9 Å². The number of nitrogens with zero attached hydrogens (tertiary/aromatic N) is 3. The van der Waals surface area contributed by atoms with Crippen LogP contribution in [0.4, 0.5) is 11.6 Å². The van der Waals surface area contributed by atoms with Crippen molar-refractivity contribution in [3.05, 3.63) is 11.9 Å². The Kier molecular flexibility index (Phi) is 4.55. The molecule has 1 aliphatic rings. The minimum atomic E-state index is 0.370. The highest BCUT2D eigenvalue weighted by atomic mass is 15.3. The van der Waals surface area contributed by atoms with Gasteiger partial charge in [0.15, 0.2) is 0 Å². The highest BCUT2D eigenvalue weighted by Crippen LogP contribution is 2.38. The van der Waals surface area contributed by atoms with Gasteiger partial charge in [0.05, 0.1) is 0 Å². The third-order valence-corrected chi connectivity index (χ3v) is 3.24. The van der Waals surface area contributed by atoms with Gasteiger partial charge < -0.3 is 15.6 Å². The van der Waals surface area contributed by atoms with E-state index in [1.807, 2.05) is 6.07 Å². The van der Waals surface area contributed by atoms with Gasteiger partial charge in [-0.1, -0.05) is 0 Å². The summed E-state index contributed by atoms with van der Waals surface area (Å²) in [6.45, 7) is 3.22. The highest BCUT2D eigenvalue weighted by molar-refractivity contribution is 5.48. The van der Waals surface area contributed by atoms with Crippen LogP contribution in [0.5, 0.6) is 0 Å². The molecule has 2 rings (SSSR count). The first-order chi connectivity index (χ1) is 9.08. The Bertz CT molecular complexity index is 416. The summed E-state index contributed by atoms with van der Waals surface area (Å²) in [6.07, 6.45) is 3.44. The maximum Gasteiger partial charge on any atom is 0.145 e. The Morgan fingerprint density at radius 2 is 2.05 bits per heavy atom. The maximum atomic E-state index is 5.46. The number of aromatic nitrogens is 2. The minimum absolute atomic E-state index is 0.370. The molecular formula is C13H24N6. The smallest absolute Gasteiger partial charge is 0.145 e. The summed E-state index contributed by atoms with van der Waals surface area (Å²) in [4.78, 5) is 11.2. The summed E-state index contributed by atoms with van der Waals surface area (Å²) < 4.78 is 0. The third kappa shape index (κ3) is 4.33. The van der Waals surface area contributed by atoms with E-state index >= 15 is 0 Å². The molecule has 1 aromatic heterocycles. The van der Waals surface area contributed by atoms with Crippen LogP contribution >= 0.6 is 0 Å². The molecule has 106 valence electrons. The molecule has 0 radical (unpaired) electrons. The third-order valence-electron chi connectivity index (χ3n) is 3.24. The first-order valence-corrected chi connectivity index (χ1v) is 6.85. The first-order valence-electron chi connectivity index (χ1n) is 6.85. The summed E-state index contributed by atoms with van der Waals surface area (Å²) in [5.74, 6) is 8.42. The van der Waals surface area contributed by atoms with Crippen molar-refractivity contribution in [1.29, 1.82) is 0 Å². The second-order valence-electron chi connectivity index (χ2n) is 5.55. The number of hydrazine groups is 1.